The number of nitrogens with one attached hydrogen (secondary N) is 1. The molecule has 0 aliphatic heterocycles. The second kappa shape index (κ2) is 6.55. The molecule has 0 amide bonds. The van der Waals surface area contributed by atoms with Gasteiger partial charge in [-0.25, -0.2) is 14.3 Å². The lowest BCUT2D eigenvalue weighted by molar-refractivity contribution is 0.0697. The Morgan fingerprint density at radius 2 is 1.96 bits per heavy atom. The first kappa shape index (κ1) is 15.8. The molecule has 0 radical (unpaired) electrons. The van der Waals surface area contributed by atoms with Crippen molar-refractivity contribution in [2.75, 3.05) is 0 Å². The Labute approximate surface area is 140 Å². The Morgan fingerprint density at radius 1 is 1.25 bits per heavy atom. The molecular weight excluding hydrogens is 331 g/mol. The lowest BCUT2D eigenvalue weighted by atomic mass is 10.1. The predicted octanol–water partition coefficient (Wildman–Crippen LogP) is 3.33. The highest BCUT2D eigenvalue weighted by Crippen LogP contribution is 2.17. The SMILES string of the molecule is O=C(O)c1ccccc1/C=N/n1c(-c2ccc(F)cc2)n[nH]c1=S. The van der Waals surface area contributed by atoms with E-state index in [0.717, 1.165) is 0 Å². The lowest BCUT2D eigenvalue weighted by Gasteiger charge is -2.02. The molecule has 0 fully saturated rings. The fraction of sp³-hybridized carbons (Fsp3) is 0. The number of hydrogen-bond acceptors (Lipinski definition) is 4. The first-order chi connectivity index (χ1) is 11.6. The number of carboxylic acids is 1. The van der Waals surface area contributed by atoms with E-state index in [9.17, 15) is 14.3 Å². The number of hydrogen-bond donors (Lipinski definition) is 2. The molecule has 0 saturated heterocycles. The van der Waals surface area contributed by atoms with Crippen LogP contribution in [0.1, 0.15) is 15.9 Å². The highest BCUT2D eigenvalue weighted by atomic mass is 32.1. The zero-order chi connectivity index (χ0) is 17.1. The maximum atomic E-state index is 13.1. The molecule has 0 aliphatic rings. The van der Waals surface area contributed by atoms with E-state index in [4.69, 9.17) is 12.2 Å². The van der Waals surface area contributed by atoms with Crippen LogP contribution in [0, 0.1) is 10.6 Å². The van der Waals surface area contributed by atoms with Gasteiger partial charge in [0.1, 0.15) is 5.82 Å². The Balaban J connectivity index is 2.03. The van der Waals surface area contributed by atoms with Crippen molar-refractivity contribution in [3.8, 4) is 11.4 Å². The van der Waals surface area contributed by atoms with Gasteiger partial charge in [0, 0.05) is 11.1 Å². The van der Waals surface area contributed by atoms with Crippen LogP contribution in [0.4, 0.5) is 4.39 Å². The summed E-state index contributed by atoms with van der Waals surface area (Å²) in [5.74, 6) is -1.02. The van der Waals surface area contributed by atoms with Crippen LogP contribution >= 0.6 is 12.2 Å². The standard InChI is InChI=1S/C16H11FN4O2S/c17-12-7-5-10(6-8-12)14-19-20-16(24)21(14)18-9-11-3-1-2-4-13(11)15(22)23/h1-9H,(H,20,24)(H,22,23)/b18-9+. The number of carbonyl (C=O) groups is 1. The summed E-state index contributed by atoms with van der Waals surface area (Å²) in [6, 6.07) is 12.2. The molecule has 1 heterocycles. The summed E-state index contributed by atoms with van der Waals surface area (Å²) >= 11 is 5.14. The van der Waals surface area contributed by atoms with Gasteiger partial charge in [0.25, 0.3) is 0 Å². The number of aromatic nitrogens is 3. The monoisotopic (exact) mass is 342 g/mol. The topological polar surface area (TPSA) is 83.3 Å². The molecule has 0 saturated carbocycles. The minimum absolute atomic E-state index is 0.125. The van der Waals surface area contributed by atoms with Crippen LogP contribution in [-0.2, 0) is 0 Å². The summed E-state index contributed by atoms with van der Waals surface area (Å²) < 4.78 is 14.6. The molecule has 1 aromatic heterocycles. The van der Waals surface area contributed by atoms with Crippen molar-refractivity contribution in [2.24, 2.45) is 5.10 Å². The van der Waals surface area contributed by atoms with Crippen molar-refractivity contribution in [3.05, 3.63) is 70.2 Å². The van der Waals surface area contributed by atoms with E-state index in [0.29, 0.717) is 17.0 Å². The van der Waals surface area contributed by atoms with E-state index >= 15 is 0 Å². The van der Waals surface area contributed by atoms with E-state index in [1.807, 2.05) is 0 Å². The molecule has 8 heteroatoms. The summed E-state index contributed by atoms with van der Waals surface area (Å²) in [4.78, 5) is 11.2. The number of carboxylic acid groups (broad SMARTS) is 1. The van der Waals surface area contributed by atoms with Crippen LogP contribution in [-0.4, -0.2) is 32.2 Å². The van der Waals surface area contributed by atoms with Crippen molar-refractivity contribution < 1.29 is 14.3 Å². The van der Waals surface area contributed by atoms with Crippen LogP contribution in [0.5, 0.6) is 0 Å². The van der Waals surface area contributed by atoms with Crippen molar-refractivity contribution in [2.45, 2.75) is 0 Å². The molecule has 0 unspecified atom stereocenters. The number of aromatic carboxylic acids is 1. The van der Waals surface area contributed by atoms with Crippen molar-refractivity contribution >= 4 is 24.4 Å². The van der Waals surface area contributed by atoms with Crippen LogP contribution in [0.3, 0.4) is 0 Å². The predicted molar refractivity (Wildman–Crippen MR) is 89.2 cm³/mol. The third-order valence-electron chi connectivity index (χ3n) is 3.26. The van der Waals surface area contributed by atoms with Crippen LogP contribution in [0.25, 0.3) is 11.4 Å². The molecule has 2 N–H and O–H groups in total. The van der Waals surface area contributed by atoms with Gasteiger partial charge in [-0.2, -0.15) is 14.9 Å². The van der Waals surface area contributed by atoms with Crippen LogP contribution < -0.4 is 0 Å². The Morgan fingerprint density at radius 3 is 2.67 bits per heavy atom. The summed E-state index contributed by atoms with van der Waals surface area (Å²) in [6.07, 6.45) is 1.39. The van der Waals surface area contributed by atoms with Gasteiger partial charge in [0.15, 0.2) is 5.82 Å². The summed E-state index contributed by atoms with van der Waals surface area (Å²) in [7, 11) is 0. The molecule has 0 atom stereocenters. The third-order valence-corrected chi connectivity index (χ3v) is 3.52. The normalized spacial score (nSPS) is 11.0. The Hall–Kier alpha value is -3.13. The highest BCUT2D eigenvalue weighted by molar-refractivity contribution is 7.71. The number of aromatic amines is 1. The average Bonchev–Trinajstić information content (AvgIpc) is 2.94. The molecule has 6 nitrogen and oxygen atoms in total. The van der Waals surface area contributed by atoms with Crippen molar-refractivity contribution in [3.63, 3.8) is 0 Å². The molecule has 24 heavy (non-hydrogen) atoms. The molecule has 2 aromatic carbocycles. The van der Waals surface area contributed by atoms with Gasteiger partial charge in [0.05, 0.1) is 11.8 Å². The molecular formula is C16H11FN4O2S. The quantitative estimate of drug-likeness (QED) is 0.563. The van der Waals surface area contributed by atoms with Crippen molar-refractivity contribution in [1.82, 2.24) is 14.9 Å². The highest BCUT2D eigenvalue weighted by Gasteiger charge is 2.10. The van der Waals surface area contributed by atoms with Crippen molar-refractivity contribution in [1.29, 1.82) is 0 Å². The van der Waals surface area contributed by atoms with Gasteiger partial charge in [-0.15, -0.1) is 0 Å². The van der Waals surface area contributed by atoms with Gasteiger partial charge < -0.3 is 5.11 Å². The number of nitrogens with zero attached hydrogens (tertiary/aromatic N) is 3. The molecule has 0 bridgehead atoms. The van der Waals surface area contributed by atoms with Gasteiger partial charge in [-0.3, -0.25) is 0 Å². The maximum absolute atomic E-state index is 13.1. The second-order valence-electron chi connectivity index (χ2n) is 4.81. The number of rotatable bonds is 4. The lowest BCUT2D eigenvalue weighted by Crippen LogP contribution is -2.02. The van der Waals surface area contributed by atoms with Gasteiger partial charge in [0.2, 0.25) is 4.77 Å². The van der Waals surface area contributed by atoms with Crippen LogP contribution in [0.2, 0.25) is 0 Å². The van der Waals surface area contributed by atoms with Gasteiger partial charge in [-0.05, 0) is 42.5 Å². The molecule has 3 aromatic rings. The number of halogens is 1. The summed E-state index contributed by atoms with van der Waals surface area (Å²) in [6.45, 7) is 0. The van der Waals surface area contributed by atoms with E-state index in [-0.39, 0.29) is 16.2 Å². The second-order valence-corrected chi connectivity index (χ2v) is 5.19. The van der Waals surface area contributed by atoms with Gasteiger partial charge in [-0.1, -0.05) is 18.2 Å². The van der Waals surface area contributed by atoms with Crippen LogP contribution in [0.15, 0.2) is 53.6 Å². The minimum atomic E-state index is -1.05. The smallest absolute Gasteiger partial charge is 0.336 e. The first-order valence-corrected chi connectivity index (χ1v) is 7.27. The Kier molecular flexibility index (Phi) is 4.30. The molecule has 0 spiro atoms. The fourth-order valence-electron chi connectivity index (χ4n) is 2.11. The van der Waals surface area contributed by atoms with E-state index in [2.05, 4.69) is 15.3 Å². The van der Waals surface area contributed by atoms with E-state index in [1.54, 1.807) is 30.3 Å². The minimum Gasteiger partial charge on any atom is -0.478 e. The third kappa shape index (κ3) is 3.13. The Bertz CT molecular complexity index is 976. The number of H-pyrrole nitrogens is 1. The molecule has 0 aliphatic carbocycles. The van der Waals surface area contributed by atoms with E-state index < -0.39 is 5.97 Å². The fourth-order valence-corrected chi connectivity index (χ4v) is 2.29. The number of benzene rings is 2. The maximum Gasteiger partial charge on any atom is 0.336 e. The summed E-state index contributed by atoms with van der Waals surface area (Å²) in [5, 5.41) is 20.1. The zero-order valence-corrected chi connectivity index (χ0v) is 13.0. The molecule has 120 valence electrons. The van der Waals surface area contributed by atoms with Gasteiger partial charge >= 0.3 is 5.97 Å². The summed E-state index contributed by atoms with van der Waals surface area (Å²) in [5.41, 5.74) is 1.17. The van der Waals surface area contributed by atoms with E-state index in [1.165, 1.54) is 29.1 Å². The first-order valence-electron chi connectivity index (χ1n) is 6.86. The average molecular weight is 342 g/mol. The zero-order valence-electron chi connectivity index (χ0n) is 12.2. The molecule has 3 rings (SSSR count). The largest absolute Gasteiger partial charge is 0.478 e.